The highest BCUT2D eigenvalue weighted by Gasteiger charge is 2.26. The molecule has 0 radical (unpaired) electrons. The Morgan fingerprint density at radius 3 is 2.47 bits per heavy atom. The molecule has 0 spiro atoms. The standard InChI is InChI=1S/C28H30ClN5OS/c1-19-9-8-12-22(15-19)18-36-28-32-31-26(34(28)25-17-23(29)14-13-20(25)2)24(30-27(35)33(3)4)16-21-10-6-5-7-11-21/h5-15,17,24H,16,18H2,1-4H3,(H,30,35). The van der Waals surface area contributed by atoms with Crippen molar-refractivity contribution < 1.29 is 4.79 Å². The number of nitrogens with one attached hydrogen (secondary N) is 1. The quantitative estimate of drug-likeness (QED) is 0.274. The van der Waals surface area contributed by atoms with Crippen molar-refractivity contribution in [2.75, 3.05) is 14.1 Å². The van der Waals surface area contributed by atoms with Gasteiger partial charge in [0.25, 0.3) is 0 Å². The van der Waals surface area contributed by atoms with Crippen molar-refractivity contribution in [1.82, 2.24) is 25.0 Å². The number of thioether (sulfide) groups is 1. The summed E-state index contributed by atoms with van der Waals surface area (Å²) in [5.41, 5.74) is 5.45. The molecule has 36 heavy (non-hydrogen) atoms. The Hall–Kier alpha value is -3.29. The number of halogens is 1. The topological polar surface area (TPSA) is 63.1 Å². The molecule has 0 fully saturated rings. The zero-order valence-corrected chi connectivity index (χ0v) is 22.5. The van der Waals surface area contributed by atoms with Crippen LogP contribution in [-0.4, -0.2) is 39.8 Å². The number of benzene rings is 3. The minimum atomic E-state index is -0.401. The van der Waals surface area contributed by atoms with E-state index in [2.05, 4.69) is 46.7 Å². The number of urea groups is 1. The van der Waals surface area contributed by atoms with Gasteiger partial charge in [0.15, 0.2) is 11.0 Å². The molecule has 1 unspecified atom stereocenters. The Bertz CT molecular complexity index is 1340. The summed E-state index contributed by atoms with van der Waals surface area (Å²) >= 11 is 8.04. The van der Waals surface area contributed by atoms with Crippen molar-refractivity contribution >= 4 is 29.4 Å². The van der Waals surface area contributed by atoms with Crippen molar-refractivity contribution in [1.29, 1.82) is 0 Å². The molecule has 186 valence electrons. The lowest BCUT2D eigenvalue weighted by Crippen LogP contribution is -2.39. The van der Waals surface area contributed by atoms with Crippen LogP contribution in [0.25, 0.3) is 5.69 Å². The molecule has 1 atom stereocenters. The maximum absolute atomic E-state index is 12.8. The van der Waals surface area contributed by atoms with E-state index in [1.807, 2.05) is 60.0 Å². The van der Waals surface area contributed by atoms with Crippen LogP contribution in [0.4, 0.5) is 4.79 Å². The largest absolute Gasteiger partial charge is 0.331 e. The summed E-state index contributed by atoms with van der Waals surface area (Å²) in [4.78, 5) is 14.3. The van der Waals surface area contributed by atoms with E-state index in [0.29, 0.717) is 17.3 Å². The SMILES string of the molecule is Cc1cccc(CSc2nnc(C(Cc3ccccc3)NC(=O)N(C)C)n2-c2cc(Cl)ccc2C)c1. The Balaban J connectivity index is 1.78. The Morgan fingerprint density at radius 1 is 1.00 bits per heavy atom. The van der Waals surface area contributed by atoms with Gasteiger partial charge in [-0.1, -0.05) is 89.6 Å². The average molecular weight is 520 g/mol. The predicted octanol–water partition coefficient (Wildman–Crippen LogP) is 6.38. The summed E-state index contributed by atoms with van der Waals surface area (Å²) < 4.78 is 2.03. The highest BCUT2D eigenvalue weighted by atomic mass is 35.5. The number of rotatable bonds is 8. The molecular weight excluding hydrogens is 490 g/mol. The van der Waals surface area contributed by atoms with Crippen molar-refractivity contribution in [3.63, 3.8) is 0 Å². The molecule has 0 aliphatic carbocycles. The monoisotopic (exact) mass is 519 g/mol. The second-order valence-corrected chi connectivity index (χ2v) is 10.3. The van der Waals surface area contributed by atoms with Gasteiger partial charge in [-0.05, 0) is 42.7 Å². The van der Waals surface area contributed by atoms with Gasteiger partial charge in [-0.3, -0.25) is 4.57 Å². The zero-order chi connectivity index (χ0) is 25.7. The van der Waals surface area contributed by atoms with E-state index in [4.69, 9.17) is 11.6 Å². The van der Waals surface area contributed by atoms with E-state index in [0.717, 1.165) is 27.7 Å². The molecule has 6 nitrogen and oxygen atoms in total. The first-order chi connectivity index (χ1) is 17.3. The molecular formula is C28H30ClN5OS. The van der Waals surface area contributed by atoms with Crippen LogP contribution in [0.3, 0.4) is 0 Å². The van der Waals surface area contributed by atoms with Crippen LogP contribution < -0.4 is 5.32 Å². The molecule has 1 N–H and O–H groups in total. The number of carbonyl (C=O) groups is 1. The minimum absolute atomic E-state index is 0.192. The fourth-order valence-electron chi connectivity index (χ4n) is 3.93. The van der Waals surface area contributed by atoms with Gasteiger partial charge < -0.3 is 10.2 Å². The molecule has 0 saturated carbocycles. The lowest BCUT2D eigenvalue weighted by atomic mass is 10.0. The van der Waals surface area contributed by atoms with Gasteiger partial charge in [0.1, 0.15) is 0 Å². The van der Waals surface area contributed by atoms with Crippen LogP contribution >= 0.6 is 23.4 Å². The summed E-state index contributed by atoms with van der Waals surface area (Å²) in [6.45, 7) is 4.13. The van der Waals surface area contributed by atoms with E-state index < -0.39 is 6.04 Å². The number of amides is 2. The smallest absolute Gasteiger partial charge is 0.317 e. The number of hydrogen-bond acceptors (Lipinski definition) is 4. The van der Waals surface area contributed by atoms with Crippen LogP contribution in [0.5, 0.6) is 0 Å². The third-order valence-electron chi connectivity index (χ3n) is 5.82. The number of hydrogen-bond donors (Lipinski definition) is 1. The van der Waals surface area contributed by atoms with Gasteiger partial charge >= 0.3 is 6.03 Å². The molecule has 1 aromatic heterocycles. The Morgan fingerprint density at radius 2 is 1.75 bits per heavy atom. The summed E-state index contributed by atoms with van der Waals surface area (Å²) in [5.74, 6) is 1.40. The lowest BCUT2D eigenvalue weighted by Gasteiger charge is -2.23. The molecule has 2 amide bonds. The van der Waals surface area contributed by atoms with Gasteiger partial charge in [0.05, 0.1) is 11.7 Å². The average Bonchev–Trinajstić information content (AvgIpc) is 3.28. The fraction of sp³-hybridized carbons (Fsp3) is 0.250. The zero-order valence-electron chi connectivity index (χ0n) is 20.9. The molecule has 3 aromatic carbocycles. The maximum atomic E-state index is 12.8. The molecule has 0 saturated heterocycles. The third-order valence-corrected chi connectivity index (χ3v) is 7.05. The molecule has 4 rings (SSSR count). The van der Waals surface area contributed by atoms with Crippen molar-refractivity contribution in [3.05, 3.63) is 106 Å². The maximum Gasteiger partial charge on any atom is 0.317 e. The van der Waals surface area contributed by atoms with Crippen LogP contribution in [-0.2, 0) is 12.2 Å². The number of nitrogens with zero attached hydrogens (tertiary/aromatic N) is 4. The number of aromatic nitrogens is 3. The fourth-order valence-corrected chi connectivity index (χ4v) is 5.00. The lowest BCUT2D eigenvalue weighted by molar-refractivity contribution is 0.212. The van der Waals surface area contributed by atoms with E-state index in [1.54, 1.807) is 25.9 Å². The highest BCUT2D eigenvalue weighted by Crippen LogP contribution is 2.31. The van der Waals surface area contributed by atoms with E-state index in [9.17, 15) is 4.79 Å². The summed E-state index contributed by atoms with van der Waals surface area (Å²) in [6, 6.07) is 23.7. The first-order valence-electron chi connectivity index (χ1n) is 11.7. The van der Waals surface area contributed by atoms with E-state index in [-0.39, 0.29) is 6.03 Å². The Labute approximate surface area is 221 Å². The van der Waals surface area contributed by atoms with E-state index in [1.165, 1.54) is 16.0 Å². The molecule has 4 aromatic rings. The van der Waals surface area contributed by atoms with Crippen LogP contribution in [0, 0.1) is 13.8 Å². The molecule has 0 bridgehead atoms. The van der Waals surface area contributed by atoms with E-state index >= 15 is 0 Å². The molecule has 0 aliphatic heterocycles. The van der Waals surface area contributed by atoms with Crippen LogP contribution in [0.1, 0.15) is 34.1 Å². The van der Waals surface area contributed by atoms with Crippen LogP contribution in [0.2, 0.25) is 5.02 Å². The number of aryl methyl sites for hydroxylation is 2. The van der Waals surface area contributed by atoms with Crippen molar-refractivity contribution in [2.45, 2.75) is 37.2 Å². The molecule has 1 heterocycles. The van der Waals surface area contributed by atoms with Gasteiger partial charge in [-0.15, -0.1) is 10.2 Å². The highest BCUT2D eigenvalue weighted by molar-refractivity contribution is 7.98. The van der Waals surface area contributed by atoms with Gasteiger partial charge in [0, 0.05) is 31.3 Å². The summed E-state index contributed by atoms with van der Waals surface area (Å²) in [5, 5.41) is 13.7. The van der Waals surface area contributed by atoms with Crippen molar-refractivity contribution in [3.8, 4) is 5.69 Å². The second kappa shape index (κ2) is 11.6. The second-order valence-electron chi connectivity index (χ2n) is 8.97. The Kier molecular flexibility index (Phi) is 8.33. The first-order valence-corrected chi connectivity index (χ1v) is 13.1. The minimum Gasteiger partial charge on any atom is -0.331 e. The molecule has 0 aliphatic rings. The van der Waals surface area contributed by atoms with Crippen LogP contribution in [0.15, 0.2) is 78.0 Å². The van der Waals surface area contributed by atoms with Gasteiger partial charge in [-0.2, -0.15) is 0 Å². The first kappa shape index (κ1) is 25.8. The summed E-state index contributed by atoms with van der Waals surface area (Å²) in [6.07, 6.45) is 0.570. The third kappa shape index (κ3) is 6.28. The predicted molar refractivity (Wildman–Crippen MR) is 147 cm³/mol. The van der Waals surface area contributed by atoms with Gasteiger partial charge in [-0.25, -0.2) is 4.79 Å². The normalized spacial score (nSPS) is 11.8. The molecule has 8 heteroatoms. The van der Waals surface area contributed by atoms with Gasteiger partial charge in [0.2, 0.25) is 0 Å². The van der Waals surface area contributed by atoms with Crippen molar-refractivity contribution in [2.24, 2.45) is 0 Å². The number of carbonyl (C=O) groups excluding carboxylic acids is 1. The summed E-state index contributed by atoms with van der Waals surface area (Å²) in [7, 11) is 3.45.